The Morgan fingerprint density at radius 3 is 2.31 bits per heavy atom. The van der Waals surface area contributed by atoms with E-state index < -0.39 is 0 Å². The Morgan fingerprint density at radius 1 is 1.06 bits per heavy atom. The van der Waals surface area contributed by atoms with Crippen LogP contribution in [0.1, 0.15) is 27.8 Å². The highest BCUT2D eigenvalue weighted by Crippen LogP contribution is 2.11. The zero-order chi connectivity index (χ0) is 11.5. The first kappa shape index (κ1) is 10.5. The van der Waals surface area contributed by atoms with Gasteiger partial charge in [-0.2, -0.15) is 0 Å². The van der Waals surface area contributed by atoms with Crippen LogP contribution in [0.15, 0.2) is 39.2 Å². The number of aryl methyl sites for hydroxylation is 2. The molecule has 0 unspecified atom stereocenters. The Labute approximate surface area is 93.4 Å². The van der Waals surface area contributed by atoms with E-state index in [0.29, 0.717) is 11.5 Å². The van der Waals surface area contributed by atoms with Gasteiger partial charge in [-0.3, -0.25) is 4.79 Å². The molecule has 0 atom stereocenters. The highest BCUT2D eigenvalue weighted by Gasteiger charge is 2.06. The minimum Gasteiger partial charge on any atom is -0.462 e. The molecule has 0 saturated carbocycles. The third-order valence-electron chi connectivity index (χ3n) is 2.14. The van der Waals surface area contributed by atoms with Crippen molar-refractivity contribution in [2.24, 2.45) is 0 Å². The molecule has 16 heavy (non-hydrogen) atoms. The first-order valence-electron chi connectivity index (χ1n) is 5.00. The molecule has 2 rings (SSSR count). The quantitative estimate of drug-likeness (QED) is 0.583. The lowest BCUT2D eigenvalue weighted by molar-refractivity contribution is 0.102. The highest BCUT2D eigenvalue weighted by molar-refractivity contribution is 6.04. The molecular formula is C13H12O3. The fourth-order valence-electron chi connectivity index (χ4n) is 1.35. The van der Waals surface area contributed by atoms with Gasteiger partial charge in [0, 0.05) is 0 Å². The molecule has 0 spiro atoms. The Morgan fingerprint density at radius 2 is 1.75 bits per heavy atom. The summed E-state index contributed by atoms with van der Waals surface area (Å²) in [6, 6.07) is 7.08. The molecule has 2 aromatic rings. The first-order chi connectivity index (χ1) is 7.65. The normalized spacial score (nSPS) is 11.1. The second-order valence-corrected chi connectivity index (χ2v) is 3.56. The molecular weight excluding hydrogens is 204 g/mol. The smallest absolute Gasteiger partial charge is 0.221 e. The number of carbonyl (C=O) groups is 1. The predicted molar refractivity (Wildman–Crippen MR) is 60.3 cm³/mol. The number of rotatable bonds is 3. The molecule has 82 valence electrons. The molecule has 0 aromatic carbocycles. The molecule has 0 saturated heterocycles. The minimum absolute atomic E-state index is 0.165. The Hall–Kier alpha value is -2.03. The van der Waals surface area contributed by atoms with Gasteiger partial charge in [0.2, 0.25) is 5.78 Å². The number of ketones is 1. The van der Waals surface area contributed by atoms with E-state index in [1.165, 1.54) is 6.08 Å². The van der Waals surface area contributed by atoms with E-state index in [4.69, 9.17) is 8.83 Å². The second-order valence-electron chi connectivity index (χ2n) is 3.56. The van der Waals surface area contributed by atoms with Crippen molar-refractivity contribution in [1.29, 1.82) is 0 Å². The van der Waals surface area contributed by atoms with Gasteiger partial charge in [0.25, 0.3) is 0 Å². The van der Waals surface area contributed by atoms with E-state index in [1.54, 1.807) is 25.1 Å². The summed E-state index contributed by atoms with van der Waals surface area (Å²) in [6.07, 6.45) is 3.07. The van der Waals surface area contributed by atoms with Gasteiger partial charge in [0.05, 0.1) is 0 Å². The van der Waals surface area contributed by atoms with Crippen LogP contribution in [0.5, 0.6) is 0 Å². The van der Waals surface area contributed by atoms with Crippen LogP contribution >= 0.6 is 0 Å². The maximum absolute atomic E-state index is 11.6. The van der Waals surface area contributed by atoms with Crippen LogP contribution in [0.25, 0.3) is 6.08 Å². The summed E-state index contributed by atoms with van der Waals surface area (Å²) in [5.41, 5.74) is 0. The van der Waals surface area contributed by atoms with Gasteiger partial charge in [0.15, 0.2) is 5.76 Å². The molecule has 0 aliphatic heterocycles. The van der Waals surface area contributed by atoms with Crippen molar-refractivity contribution in [2.75, 3.05) is 0 Å². The van der Waals surface area contributed by atoms with E-state index in [0.717, 1.165) is 11.5 Å². The zero-order valence-electron chi connectivity index (χ0n) is 9.19. The molecule has 0 amide bonds. The highest BCUT2D eigenvalue weighted by atomic mass is 16.3. The predicted octanol–water partition coefficient (Wildman–Crippen LogP) is 3.39. The lowest BCUT2D eigenvalue weighted by atomic mass is 10.2. The standard InChI is InChI=1S/C13H12O3/c1-9-3-5-11(15-9)6-7-12(14)13-8-4-10(2)16-13/h3-8H,1-2H3. The molecule has 2 aromatic heterocycles. The fraction of sp³-hybridized carbons (Fsp3) is 0.154. The molecule has 0 aliphatic carbocycles. The van der Waals surface area contributed by atoms with E-state index in [-0.39, 0.29) is 5.78 Å². The van der Waals surface area contributed by atoms with Gasteiger partial charge in [-0.1, -0.05) is 0 Å². The van der Waals surface area contributed by atoms with Crippen molar-refractivity contribution in [3.05, 3.63) is 53.4 Å². The largest absolute Gasteiger partial charge is 0.462 e. The molecule has 3 nitrogen and oxygen atoms in total. The van der Waals surface area contributed by atoms with Crippen molar-refractivity contribution >= 4 is 11.9 Å². The number of hydrogen-bond acceptors (Lipinski definition) is 3. The SMILES string of the molecule is Cc1ccc(C=CC(=O)c2ccc(C)o2)o1. The molecule has 0 bridgehead atoms. The molecule has 2 heterocycles. The lowest BCUT2D eigenvalue weighted by Crippen LogP contribution is -1.90. The van der Waals surface area contributed by atoms with Crippen LogP contribution in [-0.4, -0.2) is 5.78 Å². The summed E-state index contributed by atoms with van der Waals surface area (Å²) in [6.45, 7) is 3.66. The van der Waals surface area contributed by atoms with Gasteiger partial charge >= 0.3 is 0 Å². The van der Waals surface area contributed by atoms with E-state index in [9.17, 15) is 4.79 Å². The average Bonchev–Trinajstić information content (AvgIpc) is 2.84. The Kier molecular flexibility index (Phi) is 2.77. The summed E-state index contributed by atoms with van der Waals surface area (Å²) in [5, 5.41) is 0. The summed E-state index contributed by atoms with van der Waals surface area (Å²) >= 11 is 0. The van der Waals surface area contributed by atoms with Crippen molar-refractivity contribution in [1.82, 2.24) is 0 Å². The third kappa shape index (κ3) is 2.31. The zero-order valence-corrected chi connectivity index (χ0v) is 9.19. The van der Waals surface area contributed by atoms with E-state index in [1.807, 2.05) is 19.1 Å². The van der Waals surface area contributed by atoms with Crippen molar-refractivity contribution < 1.29 is 13.6 Å². The number of carbonyl (C=O) groups excluding carboxylic acids is 1. The van der Waals surface area contributed by atoms with Crippen LogP contribution in [0.3, 0.4) is 0 Å². The van der Waals surface area contributed by atoms with Gasteiger partial charge < -0.3 is 8.83 Å². The minimum atomic E-state index is -0.165. The Bertz CT molecular complexity index is 529. The van der Waals surface area contributed by atoms with Gasteiger partial charge in [-0.05, 0) is 50.3 Å². The summed E-state index contributed by atoms with van der Waals surface area (Å²) in [5.74, 6) is 2.39. The van der Waals surface area contributed by atoms with Crippen LogP contribution in [0.2, 0.25) is 0 Å². The van der Waals surface area contributed by atoms with Gasteiger partial charge in [-0.15, -0.1) is 0 Å². The number of furan rings is 2. The lowest BCUT2D eigenvalue weighted by Gasteiger charge is -1.88. The average molecular weight is 216 g/mol. The summed E-state index contributed by atoms with van der Waals surface area (Å²) < 4.78 is 10.5. The van der Waals surface area contributed by atoms with Crippen LogP contribution in [0, 0.1) is 13.8 Å². The fourth-order valence-corrected chi connectivity index (χ4v) is 1.35. The third-order valence-corrected chi connectivity index (χ3v) is 2.14. The van der Waals surface area contributed by atoms with Crippen LogP contribution in [-0.2, 0) is 0 Å². The monoisotopic (exact) mass is 216 g/mol. The van der Waals surface area contributed by atoms with Crippen molar-refractivity contribution in [3.63, 3.8) is 0 Å². The molecule has 3 heteroatoms. The Balaban J connectivity index is 2.10. The maximum atomic E-state index is 11.6. The van der Waals surface area contributed by atoms with Gasteiger partial charge in [-0.25, -0.2) is 0 Å². The van der Waals surface area contributed by atoms with Gasteiger partial charge in [0.1, 0.15) is 17.3 Å². The van der Waals surface area contributed by atoms with E-state index in [2.05, 4.69) is 0 Å². The summed E-state index contributed by atoms with van der Waals surface area (Å²) in [7, 11) is 0. The molecule has 0 fully saturated rings. The van der Waals surface area contributed by atoms with E-state index >= 15 is 0 Å². The number of hydrogen-bond donors (Lipinski definition) is 0. The number of allylic oxidation sites excluding steroid dienone is 1. The molecule has 0 aliphatic rings. The topological polar surface area (TPSA) is 43.4 Å². The second kappa shape index (κ2) is 4.23. The summed E-state index contributed by atoms with van der Waals surface area (Å²) in [4.78, 5) is 11.6. The van der Waals surface area contributed by atoms with Crippen LogP contribution in [0.4, 0.5) is 0 Å². The van der Waals surface area contributed by atoms with Crippen molar-refractivity contribution in [2.45, 2.75) is 13.8 Å². The maximum Gasteiger partial charge on any atom is 0.221 e. The molecule has 0 N–H and O–H groups in total. The van der Waals surface area contributed by atoms with Crippen LogP contribution < -0.4 is 0 Å². The van der Waals surface area contributed by atoms with Crippen molar-refractivity contribution in [3.8, 4) is 0 Å². The first-order valence-corrected chi connectivity index (χ1v) is 5.00. The molecule has 0 radical (unpaired) electrons.